The molecule has 0 amide bonds. The highest BCUT2D eigenvalue weighted by Gasteiger charge is 2.08. The molecule has 0 aliphatic rings. The molecule has 0 aliphatic heterocycles. The second-order valence-electron chi connectivity index (χ2n) is 5.33. The first-order chi connectivity index (χ1) is 9.08. The van der Waals surface area contributed by atoms with Crippen molar-refractivity contribution < 1.29 is 9.84 Å². The average Bonchev–Trinajstić information content (AvgIpc) is 2.37. The minimum Gasteiger partial charge on any atom is -0.493 e. The van der Waals surface area contributed by atoms with Crippen molar-refractivity contribution in [1.82, 2.24) is 5.32 Å². The van der Waals surface area contributed by atoms with Crippen molar-refractivity contribution in [3.63, 3.8) is 0 Å². The predicted molar refractivity (Wildman–Crippen MR) is 79.7 cm³/mol. The number of aliphatic hydroxyl groups excluding tert-OH is 1. The van der Waals surface area contributed by atoms with Crippen LogP contribution >= 0.6 is 0 Å². The summed E-state index contributed by atoms with van der Waals surface area (Å²) in [5.41, 5.74) is 3.63. The van der Waals surface area contributed by atoms with Crippen molar-refractivity contribution in [2.24, 2.45) is 5.92 Å². The molecule has 0 spiro atoms. The summed E-state index contributed by atoms with van der Waals surface area (Å²) >= 11 is 0. The van der Waals surface area contributed by atoms with Crippen LogP contribution in [-0.2, 0) is 6.54 Å². The summed E-state index contributed by atoms with van der Waals surface area (Å²) in [6, 6.07) is 4.35. The van der Waals surface area contributed by atoms with Crippen LogP contribution in [0.1, 0.15) is 37.0 Å². The third-order valence-electron chi connectivity index (χ3n) is 3.10. The minimum atomic E-state index is 0.164. The minimum absolute atomic E-state index is 0.164. The number of aryl methyl sites for hydroxylation is 2. The van der Waals surface area contributed by atoms with Gasteiger partial charge in [-0.25, -0.2) is 0 Å². The molecule has 0 bridgehead atoms. The fourth-order valence-electron chi connectivity index (χ4n) is 2.06. The van der Waals surface area contributed by atoms with E-state index < -0.39 is 0 Å². The molecule has 0 fully saturated rings. The number of ether oxygens (including phenoxy) is 1. The van der Waals surface area contributed by atoms with Gasteiger partial charge in [-0.3, -0.25) is 0 Å². The van der Waals surface area contributed by atoms with E-state index in [0.29, 0.717) is 6.61 Å². The summed E-state index contributed by atoms with van der Waals surface area (Å²) in [5, 5.41) is 12.4. The van der Waals surface area contributed by atoms with Crippen LogP contribution in [0, 0.1) is 19.8 Å². The van der Waals surface area contributed by atoms with Crippen LogP contribution in [0.15, 0.2) is 12.1 Å². The Labute approximate surface area is 117 Å². The molecule has 2 N–H and O–H groups in total. The predicted octanol–water partition coefficient (Wildman–Crippen LogP) is 2.81. The number of benzene rings is 1. The SMILES string of the molecule is CCCNCc1cc(C)c(OCC(C)CO)c(C)c1. The van der Waals surface area contributed by atoms with Gasteiger partial charge in [0.15, 0.2) is 0 Å². The summed E-state index contributed by atoms with van der Waals surface area (Å²) in [6.07, 6.45) is 1.15. The molecule has 0 radical (unpaired) electrons. The lowest BCUT2D eigenvalue weighted by Crippen LogP contribution is -2.15. The average molecular weight is 265 g/mol. The van der Waals surface area contributed by atoms with Gasteiger partial charge in [0.2, 0.25) is 0 Å². The van der Waals surface area contributed by atoms with E-state index >= 15 is 0 Å². The lowest BCUT2D eigenvalue weighted by atomic mass is 10.1. The van der Waals surface area contributed by atoms with Crippen molar-refractivity contribution in [2.75, 3.05) is 19.8 Å². The molecule has 0 aromatic heterocycles. The molecule has 0 saturated carbocycles. The smallest absolute Gasteiger partial charge is 0.125 e. The van der Waals surface area contributed by atoms with Gasteiger partial charge in [-0.1, -0.05) is 26.0 Å². The number of aliphatic hydroxyl groups is 1. The zero-order chi connectivity index (χ0) is 14.3. The maximum absolute atomic E-state index is 9.03. The number of nitrogens with one attached hydrogen (secondary N) is 1. The first kappa shape index (κ1) is 16.0. The molecule has 1 unspecified atom stereocenters. The molecule has 1 aromatic carbocycles. The van der Waals surface area contributed by atoms with E-state index in [9.17, 15) is 0 Å². The standard InChI is InChI=1S/C16H27NO2/c1-5-6-17-9-15-7-13(3)16(14(4)8-15)19-11-12(2)10-18/h7-8,12,17-18H,5-6,9-11H2,1-4H3. The van der Waals surface area contributed by atoms with E-state index in [2.05, 4.69) is 38.2 Å². The first-order valence-electron chi connectivity index (χ1n) is 7.13. The molecule has 19 heavy (non-hydrogen) atoms. The third-order valence-corrected chi connectivity index (χ3v) is 3.10. The van der Waals surface area contributed by atoms with Crippen LogP contribution in [0.2, 0.25) is 0 Å². The molecular formula is C16H27NO2. The molecule has 108 valence electrons. The Morgan fingerprint density at radius 3 is 2.42 bits per heavy atom. The van der Waals surface area contributed by atoms with E-state index in [4.69, 9.17) is 9.84 Å². The van der Waals surface area contributed by atoms with Crippen molar-refractivity contribution >= 4 is 0 Å². The molecule has 1 rings (SSSR count). The van der Waals surface area contributed by atoms with Crippen molar-refractivity contribution in [3.05, 3.63) is 28.8 Å². The van der Waals surface area contributed by atoms with E-state index in [0.717, 1.165) is 25.3 Å². The summed E-state index contributed by atoms with van der Waals surface area (Å²) in [5.74, 6) is 1.13. The van der Waals surface area contributed by atoms with Crippen molar-refractivity contribution in [3.8, 4) is 5.75 Å². The highest BCUT2D eigenvalue weighted by atomic mass is 16.5. The van der Waals surface area contributed by atoms with Gasteiger partial charge in [0.1, 0.15) is 5.75 Å². The second-order valence-corrected chi connectivity index (χ2v) is 5.33. The van der Waals surface area contributed by atoms with Crippen LogP contribution in [-0.4, -0.2) is 24.9 Å². The van der Waals surface area contributed by atoms with Crippen LogP contribution in [0.3, 0.4) is 0 Å². The van der Waals surface area contributed by atoms with Crippen LogP contribution in [0.4, 0.5) is 0 Å². The second kappa shape index (κ2) is 8.18. The summed E-state index contributed by atoms with van der Waals surface area (Å²) < 4.78 is 5.82. The van der Waals surface area contributed by atoms with Crippen LogP contribution in [0.25, 0.3) is 0 Å². The fourth-order valence-corrected chi connectivity index (χ4v) is 2.06. The number of hydrogen-bond donors (Lipinski definition) is 2. The molecule has 0 saturated heterocycles. The molecular weight excluding hydrogens is 238 g/mol. The molecule has 1 aromatic rings. The van der Waals surface area contributed by atoms with Gasteiger partial charge in [-0.2, -0.15) is 0 Å². The molecule has 3 nitrogen and oxygen atoms in total. The van der Waals surface area contributed by atoms with Crippen LogP contribution in [0.5, 0.6) is 5.75 Å². The van der Waals surface area contributed by atoms with Gasteiger partial charge in [0, 0.05) is 19.1 Å². The Kier molecular flexibility index (Phi) is 6.89. The molecule has 1 atom stereocenters. The monoisotopic (exact) mass is 265 g/mol. The zero-order valence-corrected chi connectivity index (χ0v) is 12.6. The number of hydrogen-bond acceptors (Lipinski definition) is 3. The van der Waals surface area contributed by atoms with Crippen LogP contribution < -0.4 is 10.1 Å². The summed E-state index contributed by atoms with van der Waals surface area (Å²) in [6.45, 7) is 11.0. The van der Waals surface area contributed by atoms with E-state index in [1.807, 2.05) is 6.92 Å². The summed E-state index contributed by atoms with van der Waals surface area (Å²) in [4.78, 5) is 0. The van der Waals surface area contributed by atoms with Gasteiger partial charge >= 0.3 is 0 Å². The Hall–Kier alpha value is -1.06. The third kappa shape index (κ3) is 5.21. The van der Waals surface area contributed by atoms with Gasteiger partial charge < -0.3 is 15.2 Å². The van der Waals surface area contributed by atoms with Gasteiger partial charge in [0.05, 0.1) is 6.61 Å². The van der Waals surface area contributed by atoms with E-state index in [1.165, 1.54) is 16.7 Å². The van der Waals surface area contributed by atoms with Gasteiger partial charge in [-0.15, -0.1) is 0 Å². The normalized spacial score (nSPS) is 12.5. The Balaban J connectivity index is 2.68. The van der Waals surface area contributed by atoms with E-state index in [1.54, 1.807) is 0 Å². The zero-order valence-electron chi connectivity index (χ0n) is 12.6. The maximum atomic E-state index is 9.03. The Morgan fingerprint density at radius 1 is 1.26 bits per heavy atom. The highest BCUT2D eigenvalue weighted by Crippen LogP contribution is 2.25. The molecule has 0 aliphatic carbocycles. The van der Waals surface area contributed by atoms with E-state index in [-0.39, 0.29) is 12.5 Å². The van der Waals surface area contributed by atoms with Crippen molar-refractivity contribution in [2.45, 2.75) is 40.7 Å². The van der Waals surface area contributed by atoms with Gasteiger partial charge in [-0.05, 0) is 43.5 Å². The Bertz CT molecular complexity index is 367. The first-order valence-corrected chi connectivity index (χ1v) is 7.13. The number of rotatable bonds is 8. The van der Waals surface area contributed by atoms with Crippen molar-refractivity contribution in [1.29, 1.82) is 0 Å². The van der Waals surface area contributed by atoms with Gasteiger partial charge in [0.25, 0.3) is 0 Å². The fraction of sp³-hybridized carbons (Fsp3) is 0.625. The quantitative estimate of drug-likeness (QED) is 0.710. The summed E-state index contributed by atoms with van der Waals surface area (Å²) in [7, 11) is 0. The maximum Gasteiger partial charge on any atom is 0.125 e. The lowest BCUT2D eigenvalue weighted by Gasteiger charge is -2.16. The molecule has 3 heteroatoms. The topological polar surface area (TPSA) is 41.5 Å². The molecule has 0 heterocycles. The Morgan fingerprint density at radius 2 is 1.89 bits per heavy atom. The largest absolute Gasteiger partial charge is 0.493 e. The lowest BCUT2D eigenvalue weighted by molar-refractivity contribution is 0.173. The highest BCUT2D eigenvalue weighted by molar-refractivity contribution is 5.43.